The second-order valence-electron chi connectivity index (χ2n) is 3.31. The van der Waals surface area contributed by atoms with Crippen LogP contribution in [0.3, 0.4) is 0 Å². The van der Waals surface area contributed by atoms with Gasteiger partial charge >= 0.3 is 0 Å². The lowest BCUT2D eigenvalue weighted by Crippen LogP contribution is -1.99. The highest BCUT2D eigenvalue weighted by molar-refractivity contribution is 5.47. The van der Waals surface area contributed by atoms with Crippen LogP contribution in [0.15, 0.2) is 18.2 Å². The number of benzene rings is 1. The molecule has 0 aromatic heterocycles. The Morgan fingerprint density at radius 2 is 2.27 bits per heavy atom. The van der Waals surface area contributed by atoms with Crippen molar-refractivity contribution in [2.24, 2.45) is 0 Å². The lowest BCUT2D eigenvalue weighted by atomic mass is 10.0. The minimum absolute atomic E-state index is 0.0981. The average Bonchev–Trinajstić information content (AvgIpc) is 2.17. The number of hydrogen-bond donors (Lipinski definition) is 0. The van der Waals surface area contributed by atoms with Gasteiger partial charge in [-0.2, -0.15) is 0 Å². The van der Waals surface area contributed by atoms with Crippen LogP contribution >= 0.6 is 0 Å². The Labute approximate surface area is 89.0 Å². The van der Waals surface area contributed by atoms with Gasteiger partial charge in [0.25, 0.3) is 5.69 Å². The number of ether oxygens (including phenoxy) is 1. The maximum Gasteiger partial charge on any atom is 0.273 e. The molecule has 1 atom stereocenters. The third-order valence-electron chi connectivity index (χ3n) is 2.04. The topological polar surface area (TPSA) is 52.4 Å². The van der Waals surface area contributed by atoms with Crippen LogP contribution < -0.4 is 4.74 Å². The first-order chi connectivity index (χ1) is 7.06. The van der Waals surface area contributed by atoms with Crippen molar-refractivity contribution < 1.29 is 9.66 Å². The first kappa shape index (κ1) is 11.5. The van der Waals surface area contributed by atoms with Crippen molar-refractivity contribution in [1.29, 1.82) is 0 Å². The summed E-state index contributed by atoms with van der Waals surface area (Å²) < 4.78 is 5.28. The zero-order valence-corrected chi connectivity index (χ0v) is 8.90. The zero-order valence-electron chi connectivity index (χ0n) is 8.90. The minimum Gasteiger partial charge on any atom is -0.494 e. The smallest absolute Gasteiger partial charge is 0.273 e. The summed E-state index contributed by atoms with van der Waals surface area (Å²) in [6.07, 6.45) is 0. The highest BCUT2D eigenvalue weighted by Crippen LogP contribution is 2.29. The van der Waals surface area contributed by atoms with Gasteiger partial charge in [-0.1, -0.05) is 6.92 Å². The van der Waals surface area contributed by atoms with Gasteiger partial charge in [-0.15, -0.1) is 0 Å². The van der Waals surface area contributed by atoms with Crippen molar-refractivity contribution in [3.8, 4) is 5.75 Å². The van der Waals surface area contributed by atoms with E-state index in [2.05, 4.69) is 6.92 Å². The van der Waals surface area contributed by atoms with Gasteiger partial charge in [0.05, 0.1) is 11.5 Å². The van der Waals surface area contributed by atoms with Gasteiger partial charge in [-0.3, -0.25) is 10.1 Å². The molecule has 0 aliphatic heterocycles. The van der Waals surface area contributed by atoms with Crippen molar-refractivity contribution in [2.75, 3.05) is 6.61 Å². The molecule has 0 N–H and O–H groups in total. The zero-order chi connectivity index (χ0) is 11.4. The third kappa shape index (κ3) is 2.68. The van der Waals surface area contributed by atoms with Crippen LogP contribution in [0.2, 0.25) is 0 Å². The van der Waals surface area contributed by atoms with E-state index in [0.29, 0.717) is 17.9 Å². The quantitative estimate of drug-likeness (QED) is 0.564. The second-order valence-corrected chi connectivity index (χ2v) is 3.31. The molecule has 1 unspecified atom stereocenters. The number of hydrogen-bond acceptors (Lipinski definition) is 3. The predicted octanol–water partition coefficient (Wildman–Crippen LogP) is 2.93. The fourth-order valence-corrected chi connectivity index (χ4v) is 1.35. The molecule has 15 heavy (non-hydrogen) atoms. The van der Waals surface area contributed by atoms with Crippen LogP contribution in [0.5, 0.6) is 5.75 Å². The summed E-state index contributed by atoms with van der Waals surface area (Å²) in [7, 11) is 0. The Balaban J connectivity index is 3.15. The maximum absolute atomic E-state index is 10.7. The predicted molar refractivity (Wildman–Crippen MR) is 58.0 cm³/mol. The second kappa shape index (κ2) is 4.77. The summed E-state index contributed by atoms with van der Waals surface area (Å²) >= 11 is 0. The van der Waals surface area contributed by atoms with E-state index in [1.54, 1.807) is 12.1 Å². The molecule has 0 fully saturated rings. The van der Waals surface area contributed by atoms with Crippen molar-refractivity contribution in [1.82, 2.24) is 0 Å². The van der Waals surface area contributed by atoms with Crippen LogP contribution in [-0.2, 0) is 0 Å². The molecular weight excluding hydrogens is 194 g/mol. The summed E-state index contributed by atoms with van der Waals surface area (Å²) in [5.41, 5.74) is 0.701. The molecule has 0 saturated heterocycles. The van der Waals surface area contributed by atoms with Gasteiger partial charge < -0.3 is 4.74 Å². The number of nitro benzene ring substituents is 1. The first-order valence-corrected chi connectivity index (χ1v) is 4.80. The summed E-state index contributed by atoms with van der Waals surface area (Å²) in [5.74, 6) is 0.513. The van der Waals surface area contributed by atoms with E-state index in [4.69, 9.17) is 4.74 Å². The molecule has 0 amide bonds. The molecule has 0 aliphatic rings. The summed E-state index contributed by atoms with van der Waals surface area (Å²) in [4.78, 5) is 10.3. The monoisotopic (exact) mass is 208 g/mol. The molecule has 1 radical (unpaired) electrons. The SMILES string of the molecule is [CH2]C(C)c1cc(OCC)ccc1[N+](=O)[O-]. The van der Waals surface area contributed by atoms with Gasteiger partial charge in [-0.25, -0.2) is 0 Å². The molecule has 1 aromatic carbocycles. The standard InChI is InChI=1S/C11H14NO3/c1-4-15-9-5-6-11(12(13)14)10(7-9)8(2)3/h5-8H,2,4H2,1,3H3. The van der Waals surface area contributed by atoms with E-state index in [-0.39, 0.29) is 11.6 Å². The Morgan fingerprint density at radius 1 is 1.60 bits per heavy atom. The summed E-state index contributed by atoms with van der Waals surface area (Å²) in [5, 5.41) is 10.7. The van der Waals surface area contributed by atoms with Crippen LogP contribution in [-0.4, -0.2) is 11.5 Å². The number of rotatable bonds is 4. The van der Waals surface area contributed by atoms with Gasteiger partial charge in [0.2, 0.25) is 0 Å². The summed E-state index contributed by atoms with van der Waals surface area (Å²) in [6, 6.07) is 4.74. The molecule has 0 heterocycles. The molecule has 1 rings (SSSR count). The van der Waals surface area contributed by atoms with Crippen LogP contribution in [0.1, 0.15) is 25.3 Å². The number of nitro groups is 1. The molecule has 81 valence electrons. The third-order valence-corrected chi connectivity index (χ3v) is 2.04. The molecule has 4 heteroatoms. The Morgan fingerprint density at radius 3 is 2.73 bits per heavy atom. The molecular formula is C11H14NO3. The van der Waals surface area contributed by atoms with Gasteiger partial charge in [0.1, 0.15) is 5.75 Å². The minimum atomic E-state index is -0.396. The molecule has 1 aromatic rings. The molecule has 4 nitrogen and oxygen atoms in total. The van der Waals surface area contributed by atoms with Crippen molar-refractivity contribution >= 4 is 5.69 Å². The van der Waals surface area contributed by atoms with E-state index in [0.717, 1.165) is 0 Å². The van der Waals surface area contributed by atoms with Gasteiger partial charge in [0, 0.05) is 11.6 Å². The van der Waals surface area contributed by atoms with E-state index in [1.165, 1.54) is 6.07 Å². The van der Waals surface area contributed by atoms with Gasteiger partial charge in [-0.05, 0) is 31.9 Å². The Kier molecular flexibility index (Phi) is 3.66. The van der Waals surface area contributed by atoms with Crippen molar-refractivity contribution in [3.63, 3.8) is 0 Å². The molecule has 0 bridgehead atoms. The molecule has 0 aliphatic carbocycles. The lowest BCUT2D eigenvalue weighted by Gasteiger charge is -2.09. The highest BCUT2D eigenvalue weighted by Gasteiger charge is 2.16. The average molecular weight is 208 g/mol. The van der Waals surface area contributed by atoms with Crippen LogP contribution in [0.4, 0.5) is 5.69 Å². The van der Waals surface area contributed by atoms with Crippen molar-refractivity contribution in [3.05, 3.63) is 40.8 Å². The van der Waals surface area contributed by atoms with Crippen LogP contribution in [0, 0.1) is 17.0 Å². The Hall–Kier alpha value is -1.58. The summed E-state index contributed by atoms with van der Waals surface area (Å²) in [6.45, 7) is 8.02. The van der Waals surface area contributed by atoms with Gasteiger partial charge in [0.15, 0.2) is 0 Å². The molecule has 0 spiro atoms. The fraction of sp³-hybridized carbons (Fsp3) is 0.364. The normalized spacial score (nSPS) is 10.4. The number of nitrogens with zero attached hydrogens (tertiary/aromatic N) is 1. The van der Waals surface area contributed by atoms with Crippen LogP contribution in [0.25, 0.3) is 0 Å². The largest absolute Gasteiger partial charge is 0.494 e. The lowest BCUT2D eigenvalue weighted by molar-refractivity contribution is -0.385. The van der Waals surface area contributed by atoms with E-state index in [9.17, 15) is 10.1 Å². The highest BCUT2D eigenvalue weighted by atomic mass is 16.6. The van der Waals surface area contributed by atoms with E-state index < -0.39 is 4.92 Å². The van der Waals surface area contributed by atoms with E-state index >= 15 is 0 Å². The van der Waals surface area contributed by atoms with Crippen molar-refractivity contribution in [2.45, 2.75) is 19.8 Å². The first-order valence-electron chi connectivity index (χ1n) is 4.80. The maximum atomic E-state index is 10.7. The Bertz CT molecular complexity index is 361. The molecule has 0 saturated carbocycles. The fourth-order valence-electron chi connectivity index (χ4n) is 1.35. The van der Waals surface area contributed by atoms with E-state index in [1.807, 2.05) is 13.8 Å².